The van der Waals surface area contributed by atoms with Gasteiger partial charge in [0.1, 0.15) is 11.1 Å². The highest BCUT2D eigenvalue weighted by Crippen LogP contribution is 2.49. The van der Waals surface area contributed by atoms with Gasteiger partial charge in [-0.1, -0.05) is 39.8 Å². The SMILES string of the molecule is O=S(=O)(O)C(CCN1c2ccccc2Sc2ccc(Br)cc21)c1ncccn1. The standard InChI is InChI=1S/C19H16BrN3O3S2/c20-13-6-7-17-15(12-13)23(14-4-1-2-5-16(14)27-17)11-8-18(28(24,25)26)19-21-9-3-10-22-19/h1-7,9-10,12,18H,8,11H2,(H,24,25,26). The first-order valence-corrected chi connectivity index (χ1v) is 11.6. The summed E-state index contributed by atoms with van der Waals surface area (Å²) in [7, 11) is -4.35. The predicted octanol–water partition coefficient (Wildman–Crippen LogP) is 4.86. The summed E-state index contributed by atoms with van der Waals surface area (Å²) in [5.41, 5.74) is 1.99. The third-order valence-corrected chi connectivity index (χ3v) is 7.23. The molecule has 0 spiro atoms. The van der Waals surface area contributed by atoms with Gasteiger partial charge in [-0.2, -0.15) is 8.42 Å². The van der Waals surface area contributed by atoms with Gasteiger partial charge >= 0.3 is 0 Å². The summed E-state index contributed by atoms with van der Waals surface area (Å²) in [6.45, 7) is 0.379. The number of nitrogens with zero attached hydrogens (tertiary/aromatic N) is 3. The van der Waals surface area contributed by atoms with Gasteiger partial charge in [-0.05, 0) is 42.8 Å². The zero-order valence-corrected chi connectivity index (χ0v) is 17.8. The summed E-state index contributed by atoms with van der Waals surface area (Å²) in [6, 6.07) is 15.6. The summed E-state index contributed by atoms with van der Waals surface area (Å²) in [6.07, 6.45) is 3.09. The summed E-state index contributed by atoms with van der Waals surface area (Å²) in [5, 5.41) is -1.19. The van der Waals surface area contributed by atoms with Crippen LogP contribution in [-0.2, 0) is 10.1 Å². The van der Waals surface area contributed by atoms with E-state index >= 15 is 0 Å². The second-order valence-corrected chi connectivity index (χ2v) is 9.83. The van der Waals surface area contributed by atoms with Crippen LogP contribution >= 0.6 is 27.7 Å². The minimum Gasteiger partial charge on any atom is -0.340 e. The van der Waals surface area contributed by atoms with Gasteiger partial charge in [-0.25, -0.2) is 9.97 Å². The Morgan fingerprint density at radius 2 is 1.75 bits per heavy atom. The van der Waals surface area contributed by atoms with Crippen LogP contribution in [0.25, 0.3) is 0 Å². The molecule has 6 nitrogen and oxygen atoms in total. The van der Waals surface area contributed by atoms with Crippen LogP contribution < -0.4 is 4.90 Å². The van der Waals surface area contributed by atoms with Crippen LogP contribution in [0.3, 0.4) is 0 Å². The summed E-state index contributed by atoms with van der Waals surface area (Å²) in [4.78, 5) is 12.3. The van der Waals surface area contributed by atoms with E-state index in [1.165, 1.54) is 12.4 Å². The molecule has 3 aromatic rings. The molecule has 4 rings (SSSR count). The van der Waals surface area contributed by atoms with Gasteiger partial charge in [0.2, 0.25) is 0 Å². The van der Waals surface area contributed by atoms with Crippen molar-refractivity contribution in [1.82, 2.24) is 9.97 Å². The Labute approximate surface area is 175 Å². The number of para-hydroxylation sites is 1. The first kappa shape index (κ1) is 19.4. The number of aromatic nitrogens is 2. The van der Waals surface area contributed by atoms with E-state index in [0.717, 1.165) is 25.6 Å². The molecule has 0 amide bonds. The third kappa shape index (κ3) is 3.93. The molecular formula is C19H16BrN3O3S2. The molecule has 144 valence electrons. The number of hydrogen-bond donors (Lipinski definition) is 1. The van der Waals surface area contributed by atoms with Crippen molar-refractivity contribution in [1.29, 1.82) is 0 Å². The number of hydrogen-bond acceptors (Lipinski definition) is 6. The Morgan fingerprint density at radius 3 is 2.50 bits per heavy atom. The van der Waals surface area contributed by atoms with Crippen molar-refractivity contribution in [2.45, 2.75) is 21.5 Å². The van der Waals surface area contributed by atoms with Crippen molar-refractivity contribution in [3.05, 3.63) is 71.2 Å². The molecule has 0 saturated heterocycles. The summed E-state index contributed by atoms with van der Waals surface area (Å²) in [5.74, 6) is 0.0964. The second kappa shape index (κ2) is 7.82. The zero-order valence-electron chi connectivity index (χ0n) is 14.6. The lowest BCUT2D eigenvalue weighted by atomic mass is 10.2. The Kier molecular flexibility index (Phi) is 5.42. The highest BCUT2D eigenvalue weighted by Gasteiger charge is 2.30. The van der Waals surface area contributed by atoms with Gasteiger partial charge in [0.05, 0.1) is 11.4 Å². The summed E-state index contributed by atoms with van der Waals surface area (Å²) >= 11 is 5.19. The number of rotatable bonds is 5. The molecular weight excluding hydrogens is 462 g/mol. The lowest BCUT2D eigenvalue weighted by Crippen LogP contribution is -2.26. The van der Waals surface area contributed by atoms with Gasteiger partial charge in [-0.15, -0.1) is 0 Å². The van der Waals surface area contributed by atoms with E-state index in [0.29, 0.717) is 6.54 Å². The fourth-order valence-corrected chi connectivity index (χ4v) is 5.39. The van der Waals surface area contributed by atoms with E-state index in [1.54, 1.807) is 17.8 Å². The van der Waals surface area contributed by atoms with Crippen LogP contribution in [-0.4, -0.2) is 29.5 Å². The topological polar surface area (TPSA) is 83.4 Å². The second-order valence-electron chi connectivity index (χ2n) is 6.23. The number of benzene rings is 2. The van der Waals surface area contributed by atoms with Crippen molar-refractivity contribution < 1.29 is 13.0 Å². The zero-order chi connectivity index (χ0) is 19.7. The van der Waals surface area contributed by atoms with E-state index in [-0.39, 0.29) is 12.2 Å². The minimum absolute atomic E-state index is 0.0964. The lowest BCUT2D eigenvalue weighted by molar-refractivity contribution is 0.461. The average molecular weight is 478 g/mol. The van der Waals surface area contributed by atoms with E-state index in [4.69, 9.17) is 0 Å². The molecule has 1 unspecified atom stereocenters. The quantitative estimate of drug-likeness (QED) is 0.525. The Balaban J connectivity index is 1.70. The van der Waals surface area contributed by atoms with E-state index in [1.807, 2.05) is 42.5 Å². The van der Waals surface area contributed by atoms with Crippen LogP contribution in [0.15, 0.2) is 75.2 Å². The maximum atomic E-state index is 12.0. The Bertz CT molecular complexity index is 1110. The molecule has 2 heterocycles. The molecule has 1 N–H and O–H groups in total. The van der Waals surface area contributed by atoms with Gasteiger partial charge in [0.25, 0.3) is 10.1 Å². The molecule has 0 aliphatic carbocycles. The molecule has 1 aliphatic rings. The van der Waals surface area contributed by atoms with Crippen LogP contribution in [0, 0.1) is 0 Å². The molecule has 0 radical (unpaired) electrons. The normalized spacial score (nSPS) is 14.3. The van der Waals surface area contributed by atoms with E-state index < -0.39 is 15.4 Å². The lowest BCUT2D eigenvalue weighted by Gasteiger charge is -2.33. The molecule has 28 heavy (non-hydrogen) atoms. The smallest absolute Gasteiger partial charge is 0.275 e. The highest BCUT2D eigenvalue weighted by molar-refractivity contribution is 9.10. The van der Waals surface area contributed by atoms with Crippen molar-refractivity contribution in [3.8, 4) is 0 Å². The Hall–Kier alpha value is -1.94. The van der Waals surface area contributed by atoms with Gasteiger partial charge in [-0.3, -0.25) is 4.55 Å². The first-order chi connectivity index (χ1) is 13.4. The molecule has 1 aromatic heterocycles. The third-order valence-electron chi connectivity index (χ3n) is 4.44. The average Bonchev–Trinajstić information content (AvgIpc) is 2.67. The van der Waals surface area contributed by atoms with E-state index in [9.17, 15) is 13.0 Å². The summed E-state index contributed by atoms with van der Waals surface area (Å²) < 4.78 is 34.7. The first-order valence-electron chi connectivity index (χ1n) is 8.50. The number of anilines is 2. The fourth-order valence-electron chi connectivity index (χ4n) is 3.18. The van der Waals surface area contributed by atoms with Gasteiger partial charge < -0.3 is 4.90 Å². The number of halogens is 1. The van der Waals surface area contributed by atoms with Crippen LogP contribution in [0.2, 0.25) is 0 Å². The molecule has 1 atom stereocenters. The molecule has 1 aliphatic heterocycles. The van der Waals surface area contributed by atoms with E-state index in [2.05, 4.69) is 30.8 Å². The molecule has 9 heteroatoms. The highest BCUT2D eigenvalue weighted by atomic mass is 79.9. The molecule has 0 fully saturated rings. The van der Waals surface area contributed by atoms with Gasteiger partial charge in [0.15, 0.2) is 0 Å². The predicted molar refractivity (Wildman–Crippen MR) is 113 cm³/mol. The fraction of sp³-hybridized carbons (Fsp3) is 0.158. The molecule has 0 bridgehead atoms. The minimum atomic E-state index is -4.35. The Morgan fingerprint density at radius 1 is 1.04 bits per heavy atom. The molecule has 2 aromatic carbocycles. The van der Waals surface area contributed by atoms with Crippen LogP contribution in [0.4, 0.5) is 11.4 Å². The van der Waals surface area contributed by atoms with Crippen molar-refractivity contribution in [3.63, 3.8) is 0 Å². The van der Waals surface area contributed by atoms with Crippen LogP contribution in [0.1, 0.15) is 17.5 Å². The monoisotopic (exact) mass is 477 g/mol. The maximum Gasteiger partial charge on any atom is 0.275 e. The van der Waals surface area contributed by atoms with Crippen molar-refractivity contribution >= 4 is 49.2 Å². The van der Waals surface area contributed by atoms with Crippen molar-refractivity contribution in [2.75, 3.05) is 11.4 Å². The van der Waals surface area contributed by atoms with Crippen molar-refractivity contribution in [2.24, 2.45) is 0 Å². The maximum absolute atomic E-state index is 12.0. The van der Waals surface area contributed by atoms with Gasteiger partial charge in [0, 0.05) is 33.2 Å². The number of fused-ring (bicyclic) bond motifs is 2. The van der Waals surface area contributed by atoms with Crippen LogP contribution in [0.5, 0.6) is 0 Å². The molecule has 0 saturated carbocycles. The largest absolute Gasteiger partial charge is 0.340 e.